The van der Waals surface area contributed by atoms with Crippen molar-refractivity contribution < 1.29 is 4.79 Å². The molecular formula is C17H22N6O. The Bertz CT molecular complexity index is 766. The largest absolute Gasteiger partial charge is 0.322 e. The summed E-state index contributed by atoms with van der Waals surface area (Å²) in [5, 5.41) is 15.1. The number of aromatic nitrogens is 4. The van der Waals surface area contributed by atoms with E-state index >= 15 is 0 Å². The average Bonchev–Trinajstić information content (AvgIpc) is 3.19. The highest BCUT2D eigenvalue weighted by Gasteiger charge is 2.24. The molecule has 0 aliphatic carbocycles. The first-order valence-electron chi connectivity index (χ1n) is 8.17. The molecule has 3 rings (SSSR count). The van der Waals surface area contributed by atoms with E-state index < -0.39 is 0 Å². The molecule has 0 saturated heterocycles. The van der Waals surface area contributed by atoms with E-state index in [2.05, 4.69) is 33.7 Å². The number of benzene rings is 1. The molecule has 0 spiro atoms. The summed E-state index contributed by atoms with van der Waals surface area (Å²) < 4.78 is 0. The first-order valence-corrected chi connectivity index (χ1v) is 8.17. The smallest absolute Gasteiger partial charge is 0.314 e. The van der Waals surface area contributed by atoms with Crippen molar-refractivity contribution in [1.82, 2.24) is 25.1 Å². The number of tetrazole rings is 1. The summed E-state index contributed by atoms with van der Waals surface area (Å²) in [4.78, 5) is 15.9. The van der Waals surface area contributed by atoms with Crippen molar-refractivity contribution in [3.8, 4) is 11.4 Å². The topological polar surface area (TPSA) is 75.9 Å². The Balaban J connectivity index is 1.78. The van der Waals surface area contributed by atoms with Gasteiger partial charge in [-0.05, 0) is 30.2 Å². The zero-order valence-electron chi connectivity index (χ0n) is 14.2. The number of aryl methyl sites for hydroxylation is 2. The molecule has 1 aliphatic rings. The van der Waals surface area contributed by atoms with Crippen molar-refractivity contribution in [2.45, 2.75) is 32.7 Å². The van der Waals surface area contributed by atoms with Gasteiger partial charge in [-0.2, -0.15) is 4.80 Å². The molecule has 1 N–H and O–H groups in total. The van der Waals surface area contributed by atoms with Crippen LogP contribution in [0.3, 0.4) is 0 Å². The molecule has 7 nitrogen and oxygen atoms in total. The van der Waals surface area contributed by atoms with E-state index in [1.165, 1.54) is 4.80 Å². The third-order valence-corrected chi connectivity index (χ3v) is 4.15. The number of rotatable bonds is 4. The van der Waals surface area contributed by atoms with Gasteiger partial charge in [0.25, 0.3) is 0 Å². The van der Waals surface area contributed by atoms with E-state index in [0.717, 1.165) is 29.7 Å². The van der Waals surface area contributed by atoms with Gasteiger partial charge in [-0.25, -0.2) is 4.79 Å². The minimum absolute atomic E-state index is 0.0780. The lowest BCUT2D eigenvalue weighted by molar-refractivity contribution is 0.208. The van der Waals surface area contributed by atoms with Crippen LogP contribution < -0.4 is 5.32 Å². The van der Waals surface area contributed by atoms with Gasteiger partial charge in [0.2, 0.25) is 5.82 Å². The maximum Gasteiger partial charge on any atom is 0.322 e. The molecule has 1 atom stereocenters. The van der Waals surface area contributed by atoms with Crippen LogP contribution in [-0.2, 0) is 7.05 Å². The van der Waals surface area contributed by atoms with Gasteiger partial charge in [0.15, 0.2) is 0 Å². The second-order valence-corrected chi connectivity index (χ2v) is 6.00. The standard InChI is InChI=1S/C17H22N6O/c1-4-6-14-7-5-10-23(14)17(24)18-15-11-13(9-8-12(15)2)16-19-21-22(3)20-16/h5,7-9,11,14H,4,6,10H2,1-3H3,(H,18,24)/t14-/m1/s1. The Kier molecular flexibility index (Phi) is 4.59. The number of urea groups is 1. The molecule has 2 heterocycles. The Hall–Kier alpha value is -2.70. The normalized spacial score (nSPS) is 16.6. The number of hydrogen-bond donors (Lipinski definition) is 1. The molecule has 0 radical (unpaired) electrons. The fraction of sp³-hybridized carbons (Fsp3) is 0.412. The summed E-state index contributed by atoms with van der Waals surface area (Å²) in [7, 11) is 1.72. The molecule has 1 aromatic heterocycles. The summed E-state index contributed by atoms with van der Waals surface area (Å²) in [6.07, 6.45) is 6.18. The molecule has 2 amide bonds. The Morgan fingerprint density at radius 1 is 1.42 bits per heavy atom. The number of hydrogen-bond acceptors (Lipinski definition) is 4. The summed E-state index contributed by atoms with van der Waals surface area (Å²) >= 11 is 0. The maximum atomic E-state index is 12.6. The zero-order chi connectivity index (χ0) is 17.1. The lowest BCUT2D eigenvalue weighted by atomic mass is 10.1. The Morgan fingerprint density at radius 3 is 2.96 bits per heavy atom. The van der Waals surface area contributed by atoms with Crippen LogP contribution in [0.4, 0.5) is 10.5 Å². The van der Waals surface area contributed by atoms with Crippen LogP contribution in [0.15, 0.2) is 30.4 Å². The number of nitrogens with zero attached hydrogens (tertiary/aromatic N) is 5. The molecule has 1 aliphatic heterocycles. The van der Waals surface area contributed by atoms with Gasteiger partial charge in [-0.3, -0.25) is 0 Å². The van der Waals surface area contributed by atoms with Gasteiger partial charge >= 0.3 is 6.03 Å². The molecule has 1 aromatic carbocycles. The highest BCUT2D eigenvalue weighted by atomic mass is 16.2. The van der Waals surface area contributed by atoms with Crippen LogP contribution in [-0.4, -0.2) is 43.7 Å². The maximum absolute atomic E-state index is 12.6. The first kappa shape index (κ1) is 16.2. The predicted octanol–water partition coefficient (Wildman–Crippen LogP) is 2.76. The van der Waals surface area contributed by atoms with Crippen LogP contribution >= 0.6 is 0 Å². The van der Waals surface area contributed by atoms with Crippen molar-refractivity contribution in [3.05, 3.63) is 35.9 Å². The molecule has 0 bridgehead atoms. The third-order valence-electron chi connectivity index (χ3n) is 4.15. The Labute approximate surface area is 141 Å². The van der Waals surface area contributed by atoms with Gasteiger partial charge in [-0.1, -0.05) is 37.6 Å². The summed E-state index contributed by atoms with van der Waals surface area (Å²) in [5.41, 5.74) is 2.59. The van der Waals surface area contributed by atoms with Crippen LogP contribution in [0.25, 0.3) is 11.4 Å². The van der Waals surface area contributed by atoms with Gasteiger partial charge in [0.1, 0.15) is 0 Å². The second-order valence-electron chi connectivity index (χ2n) is 6.00. The van der Waals surface area contributed by atoms with E-state index in [4.69, 9.17) is 0 Å². The second kappa shape index (κ2) is 6.82. The van der Waals surface area contributed by atoms with Crippen molar-refractivity contribution >= 4 is 11.7 Å². The summed E-state index contributed by atoms with van der Waals surface area (Å²) in [6, 6.07) is 5.88. The molecule has 0 fully saturated rings. The molecule has 2 aromatic rings. The fourth-order valence-corrected chi connectivity index (χ4v) is 2.83. The van der Waals surface area contributed by atoms with Crippen LogP contribution in [0, 0.1) is 6.92 Å². The zero-order valence-corrected chi connectivity index (χ0v) is 14.2. The molecule has 24 heavy (non-hydrogen) atoms. The highest BCUT2D eigenvalue weighted by Crippen LogP contribution is 2.24. The number of amides is 2. The number of nitrogens with one attached hydrogen (secondary N) is 1. The average molecular weight is 326 g/mol. The number of carbonyl (C=O) groups is 1. The molecule has 0 unspecified atom stereocenters. The van der Waals surface area contributed by atoms with Crippen LogP contribution in [0.5, 0.6) is 0 Å². The van der Waals surface area contributed by atoms with Gasteiger partial charge < -0.3 is 10.2 Å². The monoisotopic (exact) mass is 326 g/mol. The van der Waals surface area contributed by atoms with E-state index in [9.17, 15) is 4.79 Å². The lowest BCUT2D eigenvalue weighted by Crippen LogP contribution is -2.39. The molecule has 7 heteroatoms. The summed E-state index contributed by atoms with van der Waals surface area (Å²) in [6.45, 7) is 4.75. The van der Waals surface area contributed by atoms with Crippen LogP contribution in [0.1, 0.15) is 25.3 Å². The summed E-state index contributed by atoms with van der Waals surface area (Å²) in [5.74, 6) is 0.541. The van der Waals surface area contributed by atoms with Gasteiger partial charge in [0.05, 0.1) is 13.1 Å². The molecule has 0 saturated carbocycles. The highest BCUT2D eigenvalue weighted by molar-refractivity contribution is 5.91. The minimum Gasteiger partial charge on any atom is -0.314 e. The van der Waals surface area contributed by atoms with E-state index in [0.29, 0.717) is 12.4 Å². The van der Waals surface area contributed by atoms with Crippen molar-refractivity contribution in [2.75, 3.05) is 11.9 Å². The van der Waals surface area contributed by atoms with Gasteiger partial charge in [0, 0.05) is 17.8 Å². The quantitative estimate of drug-likeness (QED) is 0.877. The molecule has 126 valence electrons. The minimum atomic E-state index is -0.0780. The van der Waals surface area contributed by atoms with Crippen molar-refractivity contribution in [2.24, 2.45) is 7.05 Å². The number of anilines is 1. The Morgan fingerprint density at radius 2 is 2.25 bits per heavy atom. The van der Waals surface area contributed by atoms with E-state index in [-0.39, 0.29) is 12.1 Å². The SMILES string of the molecule is CCC[C@@H]1C=CCN1C(=O)Nc1cc(-c2nnn(C)n2)ccc1C. The van der Waals surface area contributed by atoms with Crippen molar-refractivity contribution in [3.63, 3.8) is 0 Å². The molecular weight excluding hydrogens is 304 g/mol. The first-order chi connectivity index (χ1) is 11.6. The number of carbonyl (C=O) groups excluding carboxylic acids is 1. The fourth-order valence-electron chi connectivity index (χ4n) is 2.83. The lowest BCUT2D eigenvalue weighted by Gasteiger charge is -2.25. The van der Waals surface area contributed by atoms with Crippen molar-refractivity contribution in [1.29, 1.82) is 0 Å². The van der Waals surface area contributed by atoms with Gasteiger partial charge in [-0.15, -0.1) is 10.2 Å². The van der Waals surface area contributed by atoms with E-state index in [1.54, 1.807) is 7.05 Å². The van der Waals surface area contributed by atoms with E-state index in [1.807, 2.05) is 36.1 Å². The predicted molar refractivity (Wildman–Crippen MR) is 92.5 cm³/mol. The third kappa shape index (κ3) is 3.29. The van der Waals surface area contributed by atoms with Crippen LogP contribution in [0.2, 0.25) is 0 Å².